The van der Waals surface area contributed by atoms with E-state index in [0.717, 1.165) is 29.3 Å². The van der Waals surface area contributed by atoms with E-state index in [2.05, 4.69) is 10.0 Å². The fourth-order valence-electron chi connectivity index (χ4n) is 8.96. The van der Waals surface area contributed by atoms with Crippen molar-refractivity contribution < 1.29 is 41.5 Å². The number of sulfonamides is 1. The Morgan fingerprint density at radius 3 is 2.63 bits per heavy atom. The highest BCUT2D eigenvalue weighted by molar-refractivity contribution is 7.91. The van der Waals surface area contributed by atoms with E-state index < -0.39 is 67.4 Å². The van der Waals surface area contributed by atoms with E-state index in [0.29, 0.717) is 62.0 Å². The minimum Gasteiger partial charge on any atom is -0.483 e. The Kier molecular flexibility index (Phi) is 10.8. The molecular weight excluding hydrogens is 776 g/mol. The van der Waals surface area contributed by atoms with Crippen molar-refractivity contribution >= 4 is 44.6 Å². The fraction of sp³-hybridized carbons (Fsp3) is 0.533. The summed E-state index contributed by atoms with van der Waals surface area (Å²) in [6.45, 7) is 5.68. The van der Waals surface area contributed by atoms with Crippen molar-refractivity contribution in [3.63, 3.8) is 0 Å². The molecule has 1 aromatic heterocycles. The van der Waals surface area contributed by atoms with Crippen molar-refractivity contribution in [3.8, 4) is 17.0 Å². The zero-order valence-corrected chi connectivity index (χ0v) is 34.7. The maximum absolute atomic E-state index is 14.9. The van der Waals surface area contributed by atoms with Gasteiger partial charge in [-0.15, -0.1) is 0 Å². The summed E-state index contributed by atoms with van der Waals surface area (Å²) < 4.78 is 55.1. The molecule has 3 aromatic rings. The number of fused-ring (bicyclic) bond motifs is 5. The van der Waals surface area contributed by atoms with Crippen LogP contribution in [-0.4, -0.2) is 77.1 Å². The summed E-state index contributed by atoms with van der Waals surface area (Å²) in [6, 6.07) is 12.7. The summed E-state index contributed by atoms with van der Waals surface area (Å²) >= 11 is 0. The molecule has 2 aliphatic carbocycles. The Morgan fingerprint density at radius 2 is 1.86 bits per heavy atom. The van der Waals surface area contributed by atoms with Gasteiger partial charge < -0.3 is 19.7 Å². The second kappa shape index (κ2) is 15.6. The van der Waals surface area contributed by atoms with E-state index in [1.807, 2.05) is 50.3 Å². The molecule has 14 heteroatoms. The quantitative estimate of drug-likeness (QED) is 0.196. The minimum absolute atomic E-state index is 0.00554. The number of ether oxygens (including phenoxy) is 2. The van der Waals surface area contributed by atoms with Crippen molar-refractivity contribution in [2.45, 2.75) is 120 Å². The number of pyridine rings is 1. The SMILES string of the molecule is CC(C)COC(=O)C[C@H]1CCCCC/C=C\[C@@H]2C[C@@]2(C(=O)NS(=O)(=O)C2(C)CC2)NC(=O)[C@@H]2C[C@]3(CCc4c(c(-c5cccc(F)c5)nc5ccccc45)O3)CN2C1=O. The molecule has 3 amide bonds. The summed E-state index contributed by atoms with van der Waals surface area (Å²) in [6.07, 6.45) is 9.12. The van der Waals surface area contributed by atoms with Crippen LogP contribution in [0.3, 0.4) is 0 Å². The zero-order valence-electron chi connectivity index (χ0n) is 33.9. The number of benzene rings is 2. The van der Waals surface area contributed by atoms with Gasteiger partial charge in [0.05, 0.1) is 29.8 Å². The number of esters is 1. The molecule has 2 N–H and O–H groups in total. The fourth-order valence-corrected chi connectivity index (χ4v) is 10.3. The van der Waals surface area contributed by atoms with Gasteiger partial charge in [0.25, 0.3) is 5.91 Å². The Bertz CT molecular complexity index is 2330. The molecule has 1 spiro atoms. The molecule has 2 saturated carbocycles. The van der Waals surface area contributed by atoms with Crippen LogP contribution in [0.1, 0.15) is 97.0 Å². The predicted octanol–water partition coefficient (Wildman–Crippen LogP) is 6.30. The van der Waals surface area contributed by atoms with Gasteiger partial charge in [0.15, 0.2) is 0 Å². The molecule has 4 heterocycles. The van der Waals surface area contributed by atoms with Crippen LogP contribution in [0.4, 0.5) is 4.39 Å². The smallest absolute Gasteiger partial charge is 0.306 e. The number of rotatable bonds is 8. The van der Waals surface area contributed by atoms with Crippen molar-refractivity contribution in [2.75, 3.05) is 13.2 Å². The Morgan fingerprint density at radius 1 is 1.07 bits per heavy atom. The van der Waals surface area contributed by atoms with E-state index >= 15 is 0 Å². The first-order chi connectivity index (χ1) is 28.1. The highest BCUT2D eigenvalue weighted by Crippen LogP contribution is 2.50. The summed E-state index contributed by atoms with van der Waals surface area (Å²) in [5.41, 5.74) is -0.0592. The molecule has 1 saturated heterocycles. The molecule has 2 aromatic carbocycles. The number of nitrogens with one attached hydrogen (secondary N) is 2. The van der Waals surface area contributed by atoms with Crippen LogP contribution in [0, 0.1) is 23.6 Å². The van der Waals surface area contributed by atoms with Crippen LogP contribution in [0.25, 0.3) is 22.2 Å². The van der Waals surface area contributed by atoms with Gasteiger partial charge in [0.1, 0.15) is 34.4 Å². The van der Waals surface area contributed by atoms with E-state index in [9.17, 15) is 32.0 Å². The van der Waals surface area contributed by atoms with Crippen LogP contribution in [0.5, 0.6) is 5.75 Å². The second-order valence-electron chi connectivity index (χ2n) is 18.0. The largest absolute Gasteiger partial charge is 0.483 e. The molecule has 3 aliphatic heterocycles. The van der Waals surface area contributed by atoms with Gasteiger partial charge >= 0.3 is 5.97 Å². The minimum atomic E-state index is -4.01. The average molecular weight is 829 g/mol. The number of hydrogen-bond acceptors (Lipinski definition) is 9. The van der Waals surface area contributed by atoms with Crippen LogP contribution in [0.2, 0.25) is 0 Å². The monoisotopic (exact) mass is 828 g/mol. The number of amides is 3. The second-order valence-corrected chi connectivity index (χ2v) is 20.2. The lowest BCUT2D eigenvalue weighted by Crippen LogP contribution is -2.57. The van der Waals surface area contributed by atoms with Gasteiger partial charge in [-0.05, 0) is 82.4 Å². The molecule has 314 valence electrons. The first-order valence-corrected chi connectivity index (χ1v) is 22.5. The van der Waals surface area contributed by atoms with Crippen LogP contribution >= 0.6 is 0 Å². The summed E-state index contributed by atoms with van der Waals surface area (Å²) in [7, 11) is -4.01. The summed E-state index contributed by atoms with van der Waals surface area (Å²) in [5, 5.41) is 3.84. The van der Waals surface area contributed by atoms with Crippen molar-refractivity contribution in [1.82, 2.24) is 19.9 Å². The van der Waals surface area contributed by atoms with Crippen LogP contribution in [0.15, 0.2) is 60.7 Å². The van der Waals surface area contributed by atoms with E-state index in [1.165, 1.54) is 17.0 Å². The number of halogens is 1. The Labute approximate surface area is 344 Å². The molecule has 8 rings (SSSR count). The number of allylic oxidation sites excluding steroid dienone is 1. The maximum atomic E-state index is 14.9. The predicted molar refractivity (Wildman–Crippen MR) is 219 cm³/mol. The number of nitrogens with zero attached hydrogens (tertiary/aromatic N) is 2. The third kappa shape index (κ3) is 8.08. The van der Waals surface area contributed by atoms with Crippen molar-refractivity contribution in [3.05, 3.63) is 72.1 Å². The average Bonchev–Trinajstić information content (AvgIpc) is 4.10. The van der Waals surface area contributed by atoms with Gasteiger partial charge in [-0.2, -0.15) is 0 Å². The third-order valence-corrected chi connectivity index (χ3v) is 15.1. The molecule has 5 atom stereocenters. The standard InChI is InChI=1S/C45H53FN4O8S/c1-28(2)26-57-37(51)23-30-12-7-5-4-6-8-14-31-24-45(31,42(54)49-59(55,56)43(3)20-21-43)48-40(52)36-25-44(27-50(36)41(30)53)19-18-34-33-16-9-10-17-35(33)47-38(39(34)58-44)29-13-11-15-32(46)22-29/h8-11,13-17,22,28,30-31,36H,4-7,12,18-21,23-27H2,1-3H3,(H,48,52)(H,49,54)/b14-8-/t30-,31-,36+,44-,45-/m1/s1. The van der Waals surface area contributed by atoms with Gasteiger partial charge in [0, 0.05) is 34.8 Å². The Balaban J connectivity index is 1.17. The Hall–Kier alpha value is -4.85. The van der Waals surface area contributed by atoms with Gasteiger partial charge in [0.2, 0.25) is 21.8 Å². The molecule has 0 unspecified atom stereocenters. The molecule has 59 heavy (non-hydrogen) atoms. The lowest BCUT2D eigenvalue weighted by molar-refractivity contribution is -0.151. The van der Waals surface area contributed by atoms with Crippen molar-refractivity contribution in [2.24, 2.45) is 17.8 Å². The van der Waals surface area contributed by atoms with E-state index in [1.54, 1.807) is 19.1 Å². The van der Waals surface area contributed by atoms with E-state index in [-0.39, 0.29) is 44.2 Å². The number of aryl methyl sites for hydroxylation is 1. The van der Waals surface area contributed by atoms with Gasteiger partial charge in [-0.1, -0.05) is 69.2 Å². The third-order valence-electron chi connectivity index (χ3n) is 12.9. The number of carbonyl (C=O) groups excluding carboxylic acids is 4. The van der Waals surface area contributed by atoms with E-state index in [4.69, 9.17) is 14.5 Å². The normalized spacial score (nSPS) is 28.3. The molecule has 0 bridgehead atoms. The highest BCUT2D eigenvalue weighted by atomic mass is 32.2. The number of carbonyl (C=O) groups is 4. The maximum Gasteiger partial charge on any atom is 0.306 e. The molecule has 3 fully saturated rings. The summed E-state index contributed by atoms with van der Waals surface area (Å²) in [4.78, 5) is 63.4. The zero-order chi connectivity index (χ0) is 41.7. The molecular formula is C45H53FN4O8S. The van der Waals surface area contributed by atoms with Gasteiger partial charge in [-0.3, -0.25) is 23.9 Å². The molecule has 5 aliphatic rings. The topological polar surface area (TPSA) is 161 Å². The first kappa shape index (κ1) is 40.9. The lowest BCUT2D eigenvalue weighted by Gasteiger charge is -2.37. The number of hydrogen-bond donors (Lipinski definition) is 2. The van der Waals surface area contributed by atoms with Crippen molar-refractivity contribution in [1.29, 1.82) is 0 Å². The van der Waals surface area contributed by atoms with Gasteiger partial charge in [-0.25, -0.2) is 17.8 Å². The molecule has 12 nitrogen and oxygen atoms in total. The first-order valence-electron chi connectivity index (χ1n) is 21.0. The van der Waals surface area contributed by atoms with Crippen LogP contribution in [-0.2, 0) is 40.4 Å². The molecule has 0 radical (unpaired) electrons. The number of para-hydroxylation sites is 1. The summed E-state index contributed by atoms with van der Waals surface area (Å²) in [5.74, 6) is -3.39. The highest BCUT2D eigenvalue weighted by Gasteiger charge is 2.64. The van der Waals surface area contributed by atoms with Crippen LogP contribution < -0.4 is 14.8 Å². The number of aromatic nitrogens is 1. The lowest BCUT2D eigenvalue weighted by atomic mass is 9.86.